The van der Waals surface area contributed by atoms with Crippen LogP contribution < -0.4 is 5.32 Å². The van der Waals surface area contributed by atoms with Crippen LogP contribution in [0.5, 0.6) is 0 Å². The van der Waals surface area contributed by atoms with E-state index in [-0.39, 0.29) is 4.47 Å². The molecule has 1 aromatic heterocycles. The summed E-state index contributed by atoms with van der Waals surface area (Å²) in [6.07, 6.45) is 3.39. The average molecular weight is 359 g/mol. The van der Waals surface area contributed by atoms with E-state index < -0.39 is 23.5 Å². The van der Waals surface area contributed by atoms with E-state index in [9.17, 15) is 13.2 Å². The number of hydrogen-bond acceptors (Lipinski definition) is 2. The Morgan fingerprint density at radius 2 is 1.90 bits per heavy atom. The lowest BCUT2D eigenvalue weighted by Crippen LogP contribution is -2.25. The van der Waals surface area contributed by atoms with Gasteiger partial charge in [0.2, 0.25) is 0 Å². The van der Waals surface area contributed by atoms with Gasteiger partial charge in [-0.25, -0.2) is 13.2 Å². The highest BCUT2D eigenvalue weighted by Gasteiger charge is 2.22. The molecule has 1 aromatic carbocycles. The van der Waals surface area contributed by atoms with Gasteiger partial charge in [0.05, 0.1) is 16.7 Å². The molecule has 1 heterocycles. The Labute approximate surface area is 129 Å². The lowest BCUT2D eigenvalue weighted by atomic mass is 9.98. The smallest absolute Gasteiger partial charge is 0.173 e. The number of rotatable bonds is 5. The zero-order valence-corrected chi connectivity index (χ0v) is 12.9. The molecule has 1 atom stereocenters. The van der Waals surface area contributed by atoms with Gasteiger partial charge in [0.1, 0.15) is 5.82 Å². The third-order valence-electron chi connectivity index (χ3n) is 3.09. The quantitative estimate of drug-likeness (QED) is 0.803. The summed E-state index contributed by atoms with van der Waals surface area (Å²) in [7, 11) is 0. The Morgan fingerprint density at radius 3 is 2.57 bits per heavy atom. The fraction of sp³-hybridized carbons (Fsp3) is 0.267. The van der Waals surface area contributed by atoms with Crippen LogP contribution in [0.1, 0.15) is 30.5 Å². The van der Waals surface area contributed by atoms with Crippen LogP contribution >= 0.6 is 15.9 Å². The molecule has 0 radical (unpaired) electrons. The number of hydrogen-bond donors (Lipinski definition) is 1. The molecule has 6 heteroatoms. The van der Waals surface area contributed by atoms with Gasteiger partial charge in [0.15, 0.2) is 11.6 Å². The molecule has 0 aliphatic rings. The summed E-state index contributed by atoms with van der Waals surface area (Å²) in [4.78, 5) is 3.71. The molecule has 0 aliphatic heterocycles. The summed E-state index contributed by atoms with van der Waals surface area (Å²) in [5, 5.41) is 3.14. The monoisotopic (exact) mass is 358 g/mol. The standard InChI is InChI=1S/C15H14BrF3N2/c1-2-6-21-15(9-5-7-20-8-12(9)18)10-3-4-11(17)14(19)13(10)16/h3-5,7-8,15,21H,2,6H2,1H3. The SMILES string of the molecule is CCCNC(c1ccncc1F)c1ccc(F)c(F)c1Br. The zero-order chi connectivity index (χ0) is 15.4. The Balaban J connectivity index is 2.51. The average Bonchev–Trinajstić information content (AvgIpc) is 2.48. The zero-order valence-electron chi connectivity index (χ0n) is 11.3. The molecule has 0 spiro atoms. The minimum absolute atomic E-state index is 0.00712. The van der Waals surface area contributed by atoms with Crippen molar-refractivity contribution in [1.29, 1.82) is 0 Å². The Kier molecular flexibility index (Phi) is 5.36. The predicted octanol–water partition coefficient (Wildman–Crippen LogP) is 4.35. The molecule has 112 valence electrons. The van der Waals surface area contributed by atoms with Crippen LogP contribution in [0.4, 0.5) is 13.2 Å². The molecule has 2 aromatic rings. The summed E-state index contributed by atoms with van der Waals surface area (Å²) in [6, 6.07) is 3.42. The first kappa shape index (κ1) is 16.0. The Morgan fingerprint density at radius 1 is 1.14 bits per heavy atom. The number of aromatic nitrogens is 1. The number of halogens is 4. The highest BCUT2D eigenvalue weighted by Crippen LogP contribution is 2.32. The number of benzene rings is 1. The molecule has 0 amide bonds. The maximum Gasteiger partial charge on any atom is 0.173 e. The maximum atomic E-state index is 14.0. The highest BCUT2D eigenvalue weighted by molar-refractivity contribution is 9.10. The lowest BCUT2D eigenvalue weighted by Gasteiger charge is -2.21. The third-order valence-corrected chi connectivity index (χ3v) is 3.90. The van der Waals surface area contributed by atoms with Gasteiger partial charge in [-0.3, -0.25) is 4.98 Å². The van der Waals surface area contributed by atoms with Crippen molar-refractivity contribution < 1.29 is 13.2 Å². The van der Waals surface area contributed by atoms with Gasteiger partial charge in [-0.15, -0.1) is 0 Å². The van der Waals surface area contributed by atoms with Gasteiger partial charge in [-0.2, -0.15) is 0 Å². The van der Waals surface area contributed by atoms with Crippen LogP contribution in [-0.2, 0) is 0 Å². The summed E-state index contributed by atoms with van der Waals surface area (Å²) < 4.78 is 41.0. The summed E-state index contributed by atoms with van der Waals surface area (Å²) in [5.41, 5.74) is 0.776. The first-order valence-electron chi connectivity index (χ1n) is 6.52. The van der Waals surface area contributed by atoms with Gasteiger partial charge < -0.3 is 5.32 Å². The van der Waals surface area contributed by atoms with Crippen LogP contribution in [-0.4, -0.2) is 11.5 Å². The Bertz CT molecular complexity index is 634. The van der Waals surface area contributed by atoms with E-state index >= 15 is 0 Å². The first-order valence-corrected chi connectivity index (χ1v) is 7.31. The molecule has 0 saturated carbocycles. The summed E-state index contributed by atoms with van der Waals surface area (Å²) in [5.74, 6) is -2.43. The molecular formula is C15H14BrF3N2. The van der Waals surface area contributed by atoms with Crippen molar-refractivity contribution in [3.63, 3.8) is 0 Å². The lowest BCUT2D eigenvalue weighted by molar-refractivity contribution is 0.494. The van der Waals surface area contributed by atoms with Crippen molar-refractivity contribution >= 4 is 15.9 Å². The first-order chi connectivity index (χ1) is 10.1. The van der Waals surface area contributed by atoms with Crippen LogP contribution in [0.25, 0.3) is 0 Å². The van der Waals surface area contributed by atoms with Crippen LogP contribution in [0, 0.1) is 17.5 Å². The maximum absolute atomic E-state index is 14.0. The second kappa shape index (κ2) is 7.04. The van der Waals surface area contributed by atoms with Gasteiger partial charge in [0.25, 0.3) is 0 Å². The normalized spacial score (nSPS) is 12.4. The molecule has 1 unspecified atom stereocenters. The molecule has 2 rings (SSSR count). The van der Waals surface area contributed by atoms with E-state index in [2.05, 4.69) is 26.2 Å². The van der Waals surface area contributed by atoms with E-state index in [0.717, 1.165) is 18.7 Å². The molecule has 1 N–H and O–H groups in total. The fourth-order valence-corrected chi connectivity index (χ4v) is 2.61. The number of nitrogens with one attached hydrogen (secondary N) is 1. The molecule has 0 aliphatic carbocycles. The second-order valence-corrected chi connectivity index (χ2v) is 5.34. The molecule has 0 fully saturated rings. The van der Waals surface area contributed by atoms with Crippen molar-refractivity contribution in [3.8, 4) is 0 Å². The van der Waals surface area contributed by atoms with Crippen LogP contribution in [0.2, 0.25) is 0 Å². The van der Waals surface area contributed by atoms with Crippen molar-refractivity contribution in [2.24, 2.45) is 0 Å². The number of pyridine rings is 1. The minimum atomic E-state index is -0.981. The van der Waals surface area contributed by atoms with E-state index in [0.29, 0.717) is 17.7 Å². The van der Waals surface area contributed by atoms with Crippen LogP contribution in [0.15, 0.2) is 35.1 Å². The van der Waals surface area contributed by atoms with Gasteiger partial charge >= 0.3 is 0 Å². The molecular weight excluding hydrogens is 345 g/mol. The van der Waals surface area contributed by atoms with Crippen LogP contribution in [0.3, 0.4) is 0 Å². The van der Waals surface area contributed by atoms with E-state index in [4.69, 9.17) is 0 Å². The van der Waals surface area contributed by atoms with Crippen molar-refractivity contribution in [2.45, 2.75) is 19.4 Å². The molecule has 0 saturated heterocycles. The van der Waals surface area contributed by atoms with Gasteiger partial charge in [0, 0.05) is 11.8 Å². The second-order valence-electron chi connectivity index (χ2n) is 4.55. The highest BCUT2D eigenvalue weighted by atomic mass is 79.9. The summed E-state index contributed by atoms with van der Waals surface area (Å²) in [6.45, 7) is 2.57. The predicted molar refractivity (Wildman–Crippen MR) is 78.4 cm³/mol. The topological polar surface area (TPSA) is 24.9 Å². The van der Waals surface area contributed by atoms with Crippen molar-refractivity contribution in [3.05, 3.63) is 63.6 Å². The van der Waals surface area contributed by atoms with E-state index in [1.807, 2.05) is 6.92 Å². The Hall–Kier alpha value is -1.40. The summed E-state index contributed by atoms with van der Waals surface area (Å²) >= 11 is 3.05. The number of nitrogens with zero attached hydrogens (tertiary/aromatic N) is 1. The third kappa shape index (κ3) is 3.44. The minimum Gasteiger partial charge on any atom is -0.306 e. The molecule has 2 nitrogen and oxygen atoms in total. The van der Waals surface area contributed by atoms with Gasteiger partial charge in [-0.1, -0.05) is 13.0 Å². The van der Waals surface area contributed by atoms with E-state index in [1.165, 1.54) is 18.3 Å². The van der Waals surface area contributed by atoms with Gasteiger partial charge in [-0.05, 0) is 46.6 Å². The van der Waals surface area contributed by atoms with Crippen molar-refractivity contribution in [1.82, 2.24) is 10.3 Å². The largest absolute Gasteiger partial charge is 0.306 e. The molecule has 0 bridgehead atoms. The fourth-order valence-electron chi connectivity index (χ4n) is 2.06. The molecule has 21 heavy (non-hydrogen) atoms. The van der Waals surface area contributed by atoms with Crippen molar-refractivity contribution in [2.75, 3.05) is 6.54 Å². The van der Waals surface area contributed by atoms with E-state index in [1.54, 1.807) is 0 Å².